The Labute approximate surface area is 96.7 Å². The Kier molecular flexibility index (Phi) is 3.43. The summed E-state index contributed by atoms with van der Waals surface area (Å²) in [6.45, 7) is 6.09. The van der Waals surface area contributed by atoms with Crippen molar-refractivity contribution in [2.24, 2.45) is 0 Å². The highest BCUT2D eigenvalue weighted by Gasteiger charge is 2.13. The average Bonchev–Trinajstić information content (AvgIpc) is 2.39. The highest BCUT2D eigenvalue weighted by Crippen LogP contribution is 2.22. The molecule has 1 aliphatic heterocycles. The van der Waals surface area contributed by atoms with Gasteiger partial charge in [0, 0.05) is 26.2 Å². The van der Waals surface area contributed by atoms with Crippen molar-refractivity contribution < 1.29 is 0 Å². The largest absolute Gasteiger partial charge is 0.368 e. The number of nitrogens with one attached hydrogen (secondary N) is 1. The second-order valence-corrected chi connectivity index (χ2v) is 4.05. The summed E-state index contributed by atoms with van der Waals surface area (Å²) in [5, 5.41) is 12.5. The molecule has 1 aliphatic rings. The Morgan fingerprint density at radius 2 is 2.12 bits per heavy atom. The minimum atomic E-state index is 0.807. The van der Waals surface area contributed by atoms with Crippen molar-refractivity contribution in [3.8, 4) is 6.07 Å². The van der Waals surface area contributed by atoms with E-state index >= 15 is 0 Å². The van der Waals surface area contributed by atoms with Crippen LogP contribution in [0.25, 0.3) is 0 Å². The van der Waals surface area contributed by atoms with Crippen LogP contribution in [-0.2, 0) is 6.42 Å². The first-order valence-electron chi connectivity index (χ1n) is 5.84. The van der Waals surface area contributed by atoms with Gasteiger partial charge in [-0.25, -0.2) is 0 Å². The van der Waals surface area contributed by atoms with Gasteiger partial charge in [0.2, 0.25) is 0 Å². The molecule has 1 heterocycles. The van der Waals surface area contributed by atoms with E-state index in [1.54, 1.807) is 0 Å². The molecule has 16 heavy (non-hydrogen) atoms. The number of benzene rings is 1. The molecule has 0 aliphatic carbocycles. The predicted octanol–water partition coefficient (Wildman–Crippen LogP) is 1.53. The third kappa shape index (κ3) is 2.17. The summed E-state index contributed by atoms with van der Waals surface area (Å²) < 4.78 is 0. The first-order valence-corrected chi connectivity index (χ1v) is 5.84. The number of aryl methyl sites for hydroxylation is 1. The van der Waals surface area contributed by atoms with Crippen LogP contribution in [0.2, 0.25) is 0 Å². The lowest BCUT2D eigenvalue weighted by Crippen LogP contribution is -2.43. The van der Waals surface area contributed by atoms with Gasteiger partial charge in [0.1, 0.15) is 6.07 Å². The fourth-order valence-electron chi connectivity index (χ4n) is 2.07. The lowest BCUT2D eigenvalue weighted by molar-refractivity contribution is 0.589. The lowest BCUT2D eigenvalue weighted by atomic mass is 10.1. The smallest absolute Gasteiger partial charge is 0.101 e. The Balaban J connectivity index is 2.29. The van der Waals surface area contributed by atoms with Crippen molar-refractivity contribution in [1.29, 1.82) is 5.26 Å². The molecule has 84 valence electrons. The molecule has 2 rings (SSSR count). The second kappa shape index (κ2) is 5.00. The zero-order valence-corrected chi connectivity index (χ0v) is 9.66. The van der Waals surface area contributed by atoms with Crippen LogP contribution in [0, 0.1) is 11.3 Å². The molecule has 1 aromatic carbocycles. The number of hydrogen-bond donors (Lipinski definition) is 1. The molecule has 1 fully saturated rings. The van der Waals surface area contributed by atoms with Crippen LogP contribution in [-0.4, -0.2) is 26.2 Å². The predicted molar refractivity (Wildman–Crippen MR) is 65.6 cm³/mol. The molecular formula is C13H17N3. The van der Waals surface area contributed by atoms with E-state index in [1.807, 2.05) is 6.07 Å². The van der Waals surface area contributed by atoms with Crippen LogP contribution in [0.3, 0.4) is 0 Å². The maximum Gasteiger partial charge on any atom is 0.101 e. The van der Waals surface area contributed by atoms with Gasteiger partial charge in [-0.2, -0.15) is 5.26 Å². The summed E-state index contributed by atoms with van der Waals surface area (Å²) in [5.74, 6) is 0. The van der Waals surface area contributed by atoms with Gasteiger partial charge in [0.05, 0.1) is 11.3 Å². The number of piperazine rings is 1. The molecule has 1 aromatic rings. The molecule has 0 aromatic heterocycles. The molecule has 0 unspecified atom stereocenters. The molecule has 0 saturated carbocycles. The van der Waals surface area contributed by atoms with Crippen LogP contribution >= 0.6 is 0 Å². The van der Waals surface area contributed by atoms with Crippen molar-refractivity contribution in [1.82, 2.24) is 5.32 Å². The molecule has 0 amide bonds. The van der Waals surface area contributed by atoms with Gasteiger partial charge in [-0.3, -0.25) is 0 Å². The fraction of sp³-hybridized carbons (Fsp3) is 0.462. The summed E-state index contributed by atoms with van der Waals surface area (Å²) in [5.41, 5.74) is 3.12. The van der Waals surface area contributed by atoms with Gasteiger partial charge in [-0.1, -0.05) is 13.0 Å². The first-order chi connectivity index (χ1) is 7.85. The van der Waals surface area contributed by atoms with Crippen molar-refractivity contribution in [2.45, 2.75) is 13.3 Å². The summed E-state index contributed by atoms with van der Waals surface area (Å²) >= 11 is 0. The van der Waals surface area contributed by atoms with E-state index in [9.17, 15) is 5.26 Å². The van der Waals surface area contributed by atoms with Crippen LogP contribution in [0.5, 0.6) is 0 Å². The minimum Gasteiger partial charge on any atom is -0.368 e. The summed E-state index contributed by atoms with van der Waals surface area (Å²) in [6, 6.07) is 8.53. The minimum absolute atomic E-state index is 0.807. The van der Waals surface area contributed by atoms with Gasteiger partial charge >= 0.3 is 0 Å². The number of nitrogens with zero attached hydrogens (tertiary/aromatic N) is 2. The maximum absolute atomic E-state index is 9.18. The molecule has 1 saturated heterocycles. The van der Waals surface area contributed by atoms with Crippen molar-refractivity contribution in [3.05, 3.63) is 29.3 Å². The van der Waals surface area contributed by atoms with Crippen molar-refractivity contribution in [3.63, 3.8) is 0 Å². The Morgan fingerprint density at radius 1 is 1.38 bits per heavy atom. The second-order valence-electron chi connectivity index (χ2n) is 4.05. The maximum atomic E-state index is 9.18. The van der Waals surface area contributed by atoms with E-state index < -0.39 is 0 Å². The molecule has 0 spiro atoms. The van der Waals surface area contributed by atoms with Gasteiger partial charge in [-0.05, 0) is 24.1 Å². The van der Waals surface area contributed by atoms with E-state index in [0.717, 1.165) is 43.9 Å². The number of hydrogen-bond acceptors (Lipinski definition) is 3. The first kappa shape index (κ1) is 11.0. The molecule has 0 radical (unpaired) electrons. The quantitative estimate of drug-likeness (QED) is 0.813. The van der Waals surface area contributed by atoms with Gasteiger partial charge in [0.25, 0.3) is 0 Å². The highest BCUT2D eigenvalue weighted by atomic mass is 15.2. The van der Waals surface area contributed by atoms with Crippen LogP contribution in [0.15, 0.2) is 18.2 Å². The fourth-order valence-corrected chi connectivity index (χ4v) is 2.07. The highest BCUT2D eigenvalue weighted by molar-refractivity contribution is 5.60. The van der Waals surface area contributed by atoms with Crippen molar-refractivity contribution in [2.75, 3.05) is 31.1 Å². The van der Waals surface area contributed by atoms with E-state index in [4.69, 9.17) is 0 Å². The van der Waals surface area contributed by atoms with E-state index in [0.29, 0.717) is 0 Å². The van der Waals surface area contributed by atoms with Crippen LogP contribution in [0.4, 0.5) is 5.69 Å². The Bertz CT molecular complexity index is 400. The number of nitriles is 1. The monoisotopic (exact) mass is 215 g/mol. The molecule has 0 bridgehead atoms. The summed E-state index contributed by atoms with van der Waals surface area (Å²) in [6.07, 6.45) is 0.983. The third-order valence-corrected chi connectivity index (χ3v) is 3.05. The summed E-state index contributed by atoms with van der Waals surface area (Å²) in [7, 11) is 0. The van der Waals surface area contributed by atoms with Crippen LogP contribution in [0.1, 0.15) is 18.1 Å². The van der Waals surface area contributed by atoms with Gasteiger partial charge in [-0.15, -0.1) is 0 Å². The molecule has 0 atom stereocenters. The normalized spacial score (nSPS) is 15.9. The van der Waals surface area contributed by atoms with Gasteiger partial charge in [0.15, 0.2) is 0 Å². The zero-order chi connectivity index (χ0) is 11.4. The molecule has 3 nitrogen and oxygen atoms in total. The molecule has 3 heteroatoms. The SMILES string of the molecule is CCc1ccc(N2CCNCC2)c(C#N)c1. The average molecular weight is 215 g/mol. The van der Waals surface area contributed by atoms with Crippen LogP contribution < -0.4 is 10.2 Å². The van der Waals surface area contributed by atoms with E-state index in [1.165, 1.54) is 5.56 Å². The Hall–Kier alpha value is -1.53. The van der Waals surface area contributed by atoms with E-state index in [-0.39, 0.29) is 0 Å². The topological polar surface area (TPSA) is 39.1 Å². The third-order valence-electron chi connectivity index (χ3n) is 3.05. The Morgan fingerprint density at radius 3 is 2.75 bits per heavy atom. The van der Waals surface area contributed by atoms with Crippen molar-refractivity contribution >= 4 is 5.69 Å². The molecular weight excluding hydrogens is 198 g/mol. The van der Waals surface area contributed by atoms with Gasteiger partial charge < -0.3 is 10.2 Å². The van der Waals surface area contributed by atoms with E-state index in [2.05, 4.69) is 35.3 Å². The zero-order valence-electron chi connectivity index (χ0n) is 9.66. The summed E-state index contributed by atoms with van der Waals surface area (Å²) in [4.78, 5) is 2.29. The lowest BCUT2D eigenvalue weighted by Gasteiger charge is -2.30. The molecule has 1 N–H and O–H groups in total. The number of rotatable bonds is 2. The standard InChI is InChI=1S/C13H17N3/c1-2-11-3-4-13(12(9-11)10-14)16-7-5-15-6-8-16/h3-4,9,15H,2,5-8H2,1H3. The number of anilines is 1.